The molecule has 114 valence electrons. The first-order valence-electron chi connectivity index (χ1n) is 6.78. The largest absolute Gasteiger partial charge is 0.494 e. The Morgan fingerprint density at radius 3 is 2.90 bits per heavy atom. The lowest BCUT2D eigenvalue weighted by atomic mass is 10.2. The monoisotopic (exact) mass is 290 g/mol. The Labute approximate surface area is 125 Å². The maximum Gasteiger partial charge on any atom is 0.225 e. The van der Waals surface area contributed by atoms with Crippen LogP contribution in [0.1, 0.15) is 19.8 Å². The number of nitrogens with two attached hydrogens (primary N) is 1. The summed E-state index contributed by atoms with van der Waals surface area (Å²) in [7, 11) is 3.43. The molecule has 0 fully saturated rings. The molecule has 0 aliphatic heterocycles. The molecule has 1 amide bonds. The Hall–Kier alpha value is -2.26. The topological polar surface area (TPSA) is 91.4 Å². The zero-order valence-electron chi connectivity index (χ0n) is 12.7. The number of ether oxygens (including phenoxy) is 1. The van der Waals surface area contributed by atoms with E-state index in [1.807, 2.05) is 18.9 Å². The first-order valence-corrected chi connectivity index (χ1v) is 6.78. The molecule has 0 spiro atoms. The van der Waals surface area contributed by atoms with Gasteiger partial charge in [0.05, 0.1) is 25.3 Å². The van der Waals surface area contributed by atoms with E-state index in [0.29, 0.717) is 36.5 Å². The molecule has 0 heterocycles. The van der Waals surface area contributed by atoms with E-state index in [2.05, 4.69) is 11.4 Å². The van der Waals surface area contributed by atoms with E-state index in [1.165, 1.54) is 7.11 Å². The number of rotatable bonds is 7. The number of nitrogens with zero attached hydrogens (tertiary/aromatic N) is 2. The molecule has 1 aromatic rings. The number of carbonyl (C=O) groups excluding carboxylic acids is 1. The van der Waals surface area contributed by atoms with Gasteiger partial charge in [0.25, 0.3) is 0 Å². The zero-order valence-corrected chi connectivity index (χ0v) is 12.7. The molecular weight excluding hydrogens is 268 g/mol. The number of methoxy groups -OCH3 is 1. The lowest BCUT2D eigenvalue weighted by Crippen LogP contribution is -2.31. The molecule has 6 heteroatoms. The molecule has 0 aliphatic rings. The first-order chi connectivity index (χ1) is 9.97. The van der Waals surface area contributed by atoms with Crippen LogP contribution in [0.25, 0.3) is 0 Å². The summed E-state index contributed by atoms with van der Waals surface area (Å²) in [5.41, 5.74) is 6.85. The molecule has 1 atom stereocenters. The van der Waals surface area contributed by atoms with Gasteiger partial charge in [-0.2, -0.15) is 5.26 Å². The molecule has 0 radical (unpaired) electrons. The van der Waals surface area contributed by atoms with Crippen LogP contribution in [-0.2, 0) is 4.79 Å². The number of hydrogen-bond acceptors (Lipinski definition) is 5. The first kappa shape index (κ1) is 16.8. The van der Waals surface area contributed by atoms with Crippen LogP contribution in [0.2, 0.25) is 0 Å². The van der Waals surface area contributed by atoms with Gasteiger partial charge in [0.2, 0.25) is 5.91 Å². The SMILES string of the molecule is COc1cc(N)ccc1NC(=O)CCN(C)C(C)CC#N. The van der Waals surface area contributed by atoms with E-state index in [9.17, 15) is 4.79 Å². The fourth-order valence-corrected chi connectivity index (χ4v) is 1.81. The van der Waals surface area contributed by atoms with Crippen molar-refractivity contribution in [2.24, 2.45) is 0 Å². The van der Waals surface area contributed by atoms with E-state index >= 15 is 0 Å². The highest BCUT2D eigenvalue weighted by atomic mass is 16.5. The quantitative estimate of drug-likeness (QED) is 0.748. The minimum atomic E-state index is -0.103. The van der Waals surface area contributed by atoms with Crippen LogP contribution in [0.15, 0.2) is 18.2 Å². The standard InChI is InChI=1S/C15H22N4O2/c1-11(6-8-16)19(2)9-7-15(20)18-13-5-4-12(17)10-14(13)21-3/h4-5,10-11H,6-7,9,17H2,1-3H3,(H,18,20). The van der Waals surface area contributed by atoms with E-state index in [0.717, 1.165) is 0 Å². The maximum absolute atomic E-state index is 12.0. The normalized spacial score (nSPS) is 11.8. The van der Waals surface area contributed by atoms with Crippen molar-refractivity contribution in [3.8, 4) is 11.8 Å². The highest BCUT2D eigenvalue weighted by Gasteiger charge is 2.12. The van der Waals surface area contributed by atoms with Gasteiger partial charge in [-0.3, -0.25) is 4.79 Å². The Kier molecular flexibility index (Phi) is 6.50. The van der Waals surface area contributed by atoms with Crippen molar-refractivity contribution in [2.45, 2.75) is 25.8 Å². The van der Waals surface area contributed by atoms with Gasteiger partial charge in [-0.15, -0.1) is 0 Å². The molecule has 6 nitrogen and oxygen atoms in total. The number of carbonyl (C=O) groups is 1. The molecule has 0 aliphatic carbocycles. The number of nitrogens with one attached hydrogen (secondary N) is 1. The van der Waals surface area contributed by atoms with Crippen LogP contribution in [0.4, 0.5) is 11.4 Å². The molecule has 21 heavy (non-hydrogen) atoms. The minimum absolute atomic E-state index is 0.103. The van der Waals surface area contributed by atoms with Crippen LogP contribution >= 0.6 is 0 Å². The number of benzene rings is 1. The number of amides is 1. The predicted octanol–water partition coefficient (Wildman–Crippen LogP) is 1.84. The van der Waals surface area contributed by atoms with Crippen molar-refractivity contribution in [2.75, 3.05) is 31.8 Å². The minimum Gasteiger partial charge on any atom is -0.494 e. The molecule has 1 rings (SSSR count). The summed E-state index contributed by atoms with van der Waals surface area (Å²) in [6, 6.07) is 7.35. The fourth-order valence-electron chi connectivity index (χ4n) is 1.81. The van der Waals surface area contributed by atoms with Gasteiger partial charge in [0, 0.05) is 30.8 Å². The summed E-state index contributed by atoms with van der Waals surface area (Å²) in [5.74, 6) is 0.434. The molecule has 0 bridgehead atoms. The van der Waals surface area contributed by atoms with E-state index < -0.39 is 0 Å². The molecule has 1 aromatic carbocycles. The zero-order chi connectivity index (χ0) is 15.8. The third-order valence-electron chi connectivity index (χ3n) is 3.33. The average Bonchev–Trinajstić information content (AvgIpc) is 2.46. The molecule has 0 saturated heterocycles. The summed E-state index contributed by atoms with van der Waals surface area (Å²) in [4.78, 5) is 13.9. The van der Waals surface area contributed by atoms with Gasteiger partial charge in [-0.1, -0.05) is 0 Å². The highest BCUT2D eigenvalue weighted by Crippen LogP contribution is 2.26. The second kappa shape index (κ2) is 8.12. The Morgan fingerprint density at radius 1 is 1.57 bits per heavy atom. The van der Waals surface area contributed by atoms with E-state index in [1.54, 1.807) is 18.2 Å². The van der Waals surface area contributed by atoms with Gasteiger partial charge >= 0.3 is 0 Å². The van der Waals surface area contributed by atoms with E-state index in [4.69, 9.17) is 15.7 Å². The van der Waals surface area contributed by atoms with Crippen molar-refractivity contribution in [3.05, 3.63) is 18.2 Å². The molecule has 0 saturated carbocycles. The van der Waals surface area contributed by atoms with Crippen LogP contribution < -0.4 is 15.8 Å². The molecular formula is C15H22N4O2. The van der Waals surface area contributed by atoms with Crippen LogP contribution in [-0.4, -0.2) is 37.6 Å². The maximum atomic E-state index is 12.0. The second-order valence-corrected chi connectivity index (χ2v) is 4.95. The van der Waals surface area contributed by atoms with Crippen molar-refractivity contribution >= 4 is 17.3 Å². The van der Waals surface area contributed by atoms with Gasteiger partial charge in [-0.05, 0) is 26.1 Å². The van der Waals surface area contributed by atoms with Gasteiger partial charge in [-0.25, -0.2) is 0 Å². The van der Waals surface area contributed by atoms with Gasteiger partial charge < -0.3 is 20.7 Å². The Bertz CT molecular complexity index is 525. The predicted molar refractivity (Wildman–Crippen MR) is 83.0 cm³/mol. The van der Waals surface area contributed by atoms with Gasteiger partial charge in [0.15, 0.2) is 0 Å². The Morgan fingerprint density at radius 2 is 2.29 bits per heavy atom. The third kappa shape index (κ3) is 5.32. The second-order valence-electron chi connectivity index (χ2n) is 4.95. The number of nitrogen functional groups attached to an aromatic ring is 1. The smallest absolute Gasteiger partial charge is 0.225 e. The van der Waals surface area contributed by atoms with Crippen molar-refractivity contribution in [1.82, 2.24) is 4.90 Å². The summed E-state index contributed by atoms with van der Waals surface area (Å²) in [6.07, 6.45) is 0.795. The fraction of sp³-hybridized carbons (Fsp3) is 0.467. The molecule has 3 N–H and O–H groups in total. The number of anilines is 2. The van der Waals surface area contributed by atoms with Crippen molar-refractivity contribution < 1.29 is 9.53 Å². The molecule has 0 aromatic heterocycles. The third-order valence-corrected chi connectivity index (χ3v) is 3.33. The summed E-state index contributed by atoms with van der Waals surface area (Å²) >= 11 is 0. The van der Waals surface area contributed by atoms with Crippen molar-refractivity contribution in [3.63, 3.8) is 0 Å². The molecule has 1 unspecified atom stereocenters. The Balaban J connectivity index is 2.53. The summed E-state index contributed by atoms with van der Waals surface area (Å²) in [6.45, 7) is 2.55. The van der Waals surface area contributed by atoms with Crippen LogP contribution in [0, 0.1) is 11.3 Å². The highest BCUT2D eigenvalue weighted by molar-refractivity contribution is 5.92. The summed E-state index contributed by atoms with van der Waals surface area (Å²) < 4.78 is 5.18. The van der Waals surface area contributed by atoms with Crippen LogP contribution in [0.5, 0.6) is 5.75 Å². The summed E-state index contributed by atoms with van der Waals surface area (Å²) in [5, 5.41) is 11.5. The number of hydrogen-bond donors (Lipinski definition) is 2. The lowest BCUT2D eigenvalue weighted by molar-refractivity contribution is -0.116. The number of nitriles is 1. The van der Waals surface area contributed by atoms with Gasteiger partial charge in [0.1, 0.15) is 5.75 Å². The average molecular weight is 290 g/mol. The van der Waals surface area contributed by atoms with E-state index in [-0.39, 0.29) is 11.9 Å². The van der Waals surface area contributed by atoms with Crippen LogP contribution in [0.3, 0.4) is 0 Å². The lowest BCUT2D eigenvalue weighted by Gasteiger charge is -2.22. The van der Waals surface area contributed by atoms with Crippen molar-refractivity contribution in [1.29, 1.82) is 5.26 Å².